The van der Waals surface area contributed by atoms with E-state index in [4.69, 9.17) is 17.0 Å². The first-order valence-electron chi connectivity index (χ1n) is 8.72. The Balaban J connectivity index is 1.53. The normalized spacial score (nSPS) is 15.0. The maximum atomic E-state index is 13.0. The van der Waals surface area contributed by atoms with E-state index in [0.29, 0.717) is 5.11 Å². The molecule has 0 unspecified atom stereocenters. The molecule has 1 fully saturated rings. The van der Waals surface area contributed by atoms with Crippen LogP contribution in [0.25, 0.3) is 0 Å². The minimum absolute atomic E-state index is 0.248. The van der Waals surface area contributed by atoms with Crippen molar-refractivity contribution in [2.45, 2.75) is 13.5 Å². The van der Waals surface area contributed by atoms with E-state index in [1.54, 1.807) is 19.2 Å². The van der Waals surface area contributed by atoms with Gasteiger partial charge in [0.05, 0.1) is 7.11 Å². The van der Waals surface area contributed by atoms with E-state index in [2.05, 4.69) is 34.2 Å². The second-order valence-corrected chi connectivity index (χ2v) is 6.90. The molecule has 6 heteroatoms. The van der Waals surface area contributed by atoms with Crippen molar-refractivity contribution in [3.8, 4) is 5.75 Å². The van der Waals surface area contributed by atoms with Crippen molar-refractivity contribution in [2.24, 2.45) is 0 Å². The summed E-state index contributed by atoms with van der Waals surface area (Å²) in [6.45, 7) is 6.56. The fourth-order valence-electron chi connectivity index (χ4n) is 3.12. The lowest BCUT2D eigenvalue weighted by Gasteiger charge is -2.36. The summed E-state index contributed by atoms with van der Waals surface area (Å²) in [6.07, 6.45) is 0. The van der Waals surface area contributed by atoms with Gasteiger partial charge in [-0.2, -0.15) is 0 Å². The van der Waals surface area contributed by atoms with Crippen LogP contribution in [0.2, 0.25) is 0 Å². The van der Waals surface area contributed by atoms with Crippen molar-refractivity contribution in [2.75, 3.05) is 38.6 Å². The van der Waals surface area contributed by atoms with Crippen LogP contribution >= 0.6 is 12.2 Å². The van der Waals surface area contributed by atoms with Crippen molar-refractivity contribution in [3.63, 3.8) is 0 Å². The van der Waals surface area contributed by atoms with Crippen LogP contribution in [0, 0.1) is 12.7 Å². The number of anilines is 1. The minimum atomic E-state index is -0.248. The van der Waals surface area contributed by atoms with E-state index < -0.39 is 0 Å². The lowest BCUT2D eigenvalue weighted by molar-refractivity contribution is 0.175. The summed E-state index contributed by atoms with van der Waals surface area (Å²) in [7, 11) is 1.71. The molecule has 26 heavy (non-hydrogen) atoms. The quantitative estimate of drug-likeness (QED) is 0.826. The molecule has 0 atom stereocenters. The monoisotopic (exact) mass is 373 g/mol. The van der Waals surface area contributed by atoms with Crippen molar-refractivity contribution in [1.29, 1.82) is 0 Å². The van der Waals surface area contributed by atoms with E-state index in [0.717, 1.165) is 44.2 Å². The van der Waals surface area contributed by atoms with Crippen LogP contribution < -0.4 is 10.1 Å². The van der Waals surface area contributed by atoms with Gasteiger partial charge in [0.15, 0.2) is 5.11 Å². The number of ether oxygens (including phenoxy) is 1. The van der Waals surface area contributed by atoms with Gasteiger partial charge in [0.25, 0.3) is 0 Å². The molecule has 2 aromatic rings. The molecule has 0 aromatic heterocycles. The van der Waals surface area contributed by atoms with Gasteiger partial charge in [0.1, 0.15) is 11.6 Å². The number of aryl methyl sites for hydroxylation is 1. The van der Waals surface area contributed by atoms with Crippen molar-refractivity contribution in [3.05, 3.63) is 59.4 Å². The van der Waals surface area contributed by atoms with Gasteiger partial charge in [0, 0.05) is 44.0 Å². The van der Waals surface area contributed by atoms with E-state index in [1.807, 2.05) is 6.07 Å². The molecule has 3 rings (SSSR count). The molecule has 0 bridgehead atoms. The molecule has 1 saturated heterocycles. The zero-order chi connectivity index (χ0) is 18.5. The number of rotatable bonds is 4. The SMILES string of the molecule is COc1ccc(C)cc1CN1CCN(C(=S)Nc2ccc(F)cc2)CC1. The van der Waals surface area contributed by atoms with E-state index >= 15 is 0 Å². The van der Waals surface area contributed by atoms with Crippen LogP contribution in [-0.4, -0.2) is 48.2 Å². The number of piperazine rings is 1. The molecule has 0 aliphatic carbocycles. The van der Waals surface area contributed by atoms with Gasteiger partial charge in [-0.15, -0.1) is 0 Å². The van der Waals surface area contributed by atoms with Gasteiger partial charge in [-0.3, -0.25) is 4.90 Å². The lowest BCUT2D eigenvalue weighted by Crippen LogP contribution is -2.49. The average Bonchev–Trinajstić information content (AvgIpc) is 2.64. The highest BCUT2D eigenvalue weighted by Crippen LogP contribution is 2.22. The molecular weight excluding hydrogens is 349 g/mol. The van der Waals surface area contributed by atoms with E-state index in [9.17, 15) is 4.39 Å². The number of benzene rings is 2. The predicted octanol–water partition coefficient (Wildman–Crippen LogP) is 3.66. The number of halogens is 1. The Morgan fingerprint density at radius 1 is 1.12 bits per heavy atom. The van der Waals surface area contributed by atoms with Crippen LogP contribution in [0.1, 0.15) is 11.1 Å². The van der Waals surface area contributed by atoms with Crippen LogP contribution in [0.4, 0.5) is 10.1 Å². The maximum Gasteiger partial charge on any atom is 0.173 e. The molecular formula is C20H24FN3OS. The van der Waals surface area contributed by atoms with Crippen molar-refractivity contribution < 1.29 is 9.13 Å². The van der Waals surface area contributed by atoms with Crippen LogP contribution in [0.3, 0.4) is 0 Å². The summed E-state index contributed by atoms with van der Waals surface area (Å²) in [5, 5.41) is 3.87. The topological polar surface area (TPSA) is 27.7 Å². The summed E-state index contributed by atoms with van der Waals surface area (Å²) >= 11 is 5.50. The highest BCUT2D eigenvalue weighted by atomic mass is 32.1. The molecule has 1 aliphatic rings. The zero-order valence-electron chi connectivity index (χ0n) is 15.2. The molecule has 2 aromatic carbocycles. The highest BCUT2D eigenvalue weighted by molar-refractivity contribution is 7.80. The fourth-order valence-corrected chi connectivity index (χ4v) is 3.42. The first-order chi connectivity index (χ1) is 12.5. The number of hydrogen-bond donors (Lipinski definition) is 1. The fraction of sp³-hybridized carbons (Fsp3) is 0.350. The molecule has 1 heterocycles. The molecule has 0 saturated carbocycles. The molecule has 1 N–H and O–H groups in total. The summed E-state index contributed by atoms with van der Waals surface area (Å²) in [4.78, 5) is 4.57. The van der Waals surface area contributed by atoms with Gasteiger partial charge < -0.3 is 15.0 Å². The highest BCUT2D eigenvalue weighted by Gasteiger charge is 2.20. The molecule has 1 aliphatic heterocycles. The molecule has 0 spiro atoms. The summed E-state index contributed by atoms with van der Waals surface area (Å²) < 4.78 is 18.5. The first kappa shape index (κ1) is 18.6. The van der Waals surface area contributed by atoms with Gasteiger partial charge in [-0.05, 0) is 49.5 Å². The Kier molecular flexibility index (Phi) is 6.06. The van der Waals surface area contributed by atoms with Crippen LogP contribution in [0.15, 0.2) is 42.5 Å². The number of nitrogens with zero attached hydrogens (tertiary/aromatic N) is 2. The summed E-state index contributed by atoms with van der Waals surface area (Å²) in [6, 6.07) is 12.5. The third-order valence-corrected chi connectivity index (χ3v) is 4.95. The standard InChI is InChI=1S/C20H24FN3OS/c1-15-3-8-19(25-2)16(13-15)14-23-9-11-24(12-10-23)20(26)22-18-6-4-17(21)5-7-18/h3-8,13H,9-12,14H2,1-2H3,(H,22,26). The lowest BCUT2D eigenvalue weighted by atomic mass is 10.1. The molecule has 138 valence electrons. The van der Waals surface area contributed by atoms with E-state index in [1.165, 1.54) is 23.3 Å². The maximum absolute atomic E-state index is 13.0. The van der Waals surface area contributed by atoms with Gasteiger partial charge in [-0.1, -0.05) is 17.7 Å². The van der Waals surface area contributed by atoms with Crippen LogP contribution in [0.5, 0.6) is 5.75 Å². The van der Waals surface area contributed by atoms with Crippen LogP contribution in [-0.2, 0) is 6.54 Å². The van der Waals surface area contributed by atoms with Crippen molar-refractivity contribution >= 4 is 23.0 Å². The molecule has 4 nitrogen and oxygen atoms in total. The minimum Gasteiger partial charge on any atom is -0.496 e. The summed E-state index contributed by atoms with van der Waals surface area (Å²) in [5.74, 6) is 0.688. The Labute approximate surface area is 159 Å². The Hall–Kier alpha value is -2.18. The van der Waals surface area contributed by atoms with Gasteiger partial charge in [0.2, 0.25) is 0 Å². The zero-order valence-corrected chi connectivity index (χ0v) is 16.0. The predicted molar refractivity (Wildman–Crippen MR) is 107 cm³/mol. The summed E-state index contributed by atoms with van der Waals surface area (Å²) in [5.41, 5.74) is 3.26. The number of nitrogens with one attached hydrogen (secondary N) is 1. The van der Waals surface area contributed by atoms with E-state index in [-0.39, 0.29) is 5.82 Å². The smallest absolute Gasteiger partial charge is 0.173 e. The largest absolute Gasteiger partial charge is 0.496 e. The molecule has 0 amide bonds. The Bertz CT molecular complexity index is 758. The average molecular weight is 373 g/mol. The number of thiocarbonyl (C=S) groups is 1. The molecule has 0 radical (unpaired) electrons. The van der Waals surface area contributed by atoms with Gasteiger partial charge >= 0.3 is 0 Å². The van der Waals surface area contributed by atoms with Crippen molar-refractivity contribution in [1.82, 2.24) is 9.80 Å². The first-order valence-corrected chi connectivity index (χ1v) is 9.13. The number of methoxy groups -OCH3 is 1. The third-order valence-electron chi connectivity index (χ3n) is 4.58. The second kappa shape index (κ2) is 8.47. The Morgan fingerprint density at radius 3 is 2.46 bits per heavy atom. The van der Waals surface area contributed by atoms with Gasteiger partial charge in [-0.25, -0.2) is 4.39 Å². The third kappa shape index (κ3) is 4.71. The number of hydrogen-bond acceptors (Lipinski definition) is 3. The Morgan fingerprint density at radius 2 is 1.81 bits per heavy atom. The second-order valence-electron chi connectivity index (χ2n) is 6.52.